The molecule has 0 spiro atoms. The third-order valence-corrected chi connectivity index (χ3v) is 3.24. The number of aromatic nitrogens is 1. The van der Waals surface area contributed by atoms with Crippen LogP contribution in [0.5, 0.6) is 0 Å². The number of rotatable bonds is 5. The number of likely N-dealkylation sites (N-methyl/N-ethyl adjacent to an activating group) is 1. The first-order valence-electron chi connectivity index (χ1n) is 5.93. The zero-order valence-electron chi connectivity index (χ0n) is 10.4. The molecular weight excluding hydrogens is 214 g/mol. The minimum absolute atomic E-state index is 0.420. The summed E-state index contributed by atoms with van der Waals surface area (Å²) in [5.41, 5.74) is 8.68. The smallest absolute Gasteiger partial charge is 0.181 e. The van der Waals surface area contributed by atoms with Crippen molar-refractivity contribution in [1.82, 2.24) is 9.88 Å². The van der Waals surface area contributed by atoms with E-state index in [4.69, 9.17) is 10.2 Å². The third kappa shape index (κ3) is 2.84. The van der Waals surface area contributed by atoms with Gasteiger partial charge in [0.15, 0.2) is 12.0 Å². The van der Waals surface area contributed by atoms with E-state index < -0.39 is 0 Å². The molecule has 92 valence electrons. The summed E-state index contributed by atoms with van der Waals surface area (Å²) in [5.74, 6) is 0. The van der Waals surface area contributed by atoms with Crippen LogP contribution in [0.25, 0.3) is 11.1 Å². The van der Waals surface area contributed by atoms with Crippen LogP contribution in [0.4, 0.5) is 0 Å². The summed E-state index contributed by atoms with van der Waals surface area (Å²) in [6.07, 6.45) is 2.48. The molecule has 0 bridgehead atoms. The molecule has 0 aliphatic carbocycles. The Labute approximate surface area is 101 Å². The van der Waals surface area contributed by atoms with E-state index in [2.05, 4.69) is 36.0 Å². The molecule has 0 radical (unpaired) electrons. The second-order valence-electron chi connectivity index (χ2n) is 4.47. The lowest BCUT2D eigenvalue weighted by molar-refractivity contribution is 0.266. The first-order chi connectivity index (χ1) is 8.20. The summed E-state index contributed by atoms with van der Waals surface area (Å²) < 4.78 is 5.29. The van der Waals surface area contributed by atoms with Gasteiger partial charge >= 0.3 is 0 Å². The summed E-state index contributed by atoms with van der Waals surface area (Å²) in [7, 11) is 2.10. The Hall–Kier alpha value is -1.39. The average molecular weight is 233 g/mol. The fourth-order valence-electron chi connectivity index (χ4n) is 1.76. The highest BCUT2D eigenvalue weighted by atomic mass is 16.3. The van der Waals surface area contributed by atoms with Gasteiger partial charge in [0.2, 0.25) is 0 Å². The number of nitrogens with two attached hydrogens (primary N) is 1. The second kappa shape index (κ2) is 5.29. The van der Waals surface area contributed by atoms with Gasteiger partial charge in [-0.25, -0.2) is 4.98 Å². The molecule has 2 aromatic rings. The summed E-state index contributed by atoms with van der Waals surface area (Å²) >= 11 is 0. The van der Waals surface area contributed by atoms with E-state index in [1.54, 1.807) is 0 Å². The predicted octanol–water partition coefficient (Wildman–Crippen LogP) is 1.65. The SMILES string of the molecule is CC(CN)N(C)CCc1ccc2ncoc2c1. The number of fused-ring (bicyclic) bond motifs is 1. The van der Waals surface area contributed by atoms with Crippen LogP contribution in [0.2, 0.25) is 0 Å². The Kier molecular flexibility index (Phi) is 3.76. The standard InChI is InChI=1S/C13H19N3O/c1-10(8-14)16(2)6-5-11-3-4-12-13(7-11)17-9-15-12/h3-4,7,9-10H,5-6,8,14H2,1-2H3. The normalized spacial score (nSPS) is 13.4. The van der Waals surface area contributed by atoms with Crippen molar-refractivity contribution in [2.45, 2.75) is 19.4 Å². The van der Waals surface area contributed by atoms with Gasteiger partial charge in [0.1, 0.15) is 5.52 Å². The van der Waals surface area contributed by atoms with Crippen LogP contribution >= 0.6 is 0 Å². The van der Waals surface area contributed by atoms with Gasteiger partial charge in [-0.05, 0) is 38.1 Å². The van der Waals surface area contributed by atoms with E-state index in [1.165, 1.54) is 12.0 Å². The molecule has 2 rings (SSSR count). The van der Waals surface area contributed by atoms with Crippen LogP contribution in [-0.4, -0.2) is 36.1 Å². The van der Waals surface area contributed by atoms with Crippen molar-refractivity contribution < 1.29 is 4.42 Å². The Morgan fingerprint density at radius 3 is 3.06 bits per heavy atom. The molecule has 0 saturated carbocycles. The highest BCUT2D eigenvalue weighted by molar-refractivity contribution is 5.72. The van der Waals surface area contributed by atoms with Gasteiger partial charge < -0.3 is 15.1 Å². The molecule has 4 heteroatoms. The second-order valence-corrected chi connectivity index (χ2v) is 4.47. The lowest BCUT2D eigenvalue weighted by Gasteiger charge is -2.23. The lowest BCUT2D eigenvalue weighted by Crippen LogP contribution is -2.36. The molecule has 17 heavy (non-hydrogen) atoms. The molecule has 0 aliphatic rings. The van der Waals surface area contributed by atoms with Crippen molar-refractivity contribution in [3.63, 3.8) is 0 Å². The zero-order valence-corrected chi connectivity index (χ0v) is 10.4. The van der Waals surface area contributed by atoms with E-state index in [0.29, 0.717) is 12.6 Å². The molecule has 1 aromatic carbocycles. The van der Waals surface area contributed by atoms with Crippen LogP contribution in [0, 0.1) is 0 Å². The van der Waals surface area contributed by atoms with Crippen molar-refractivity contribution in [1.29, 1.82) is 0 Å². The monoisotopic (exact) mass is 233 g/mol. The van der Waals surface area contributed by atoms with Gasteiger partial charge in [0.25, 0.3) is 0 Å². The first kappa shape index (κ1) is 12.1. The molecule has 0 aliphatic heterocycles. The Morgan fingerprint density at radius 2 is 2.29 bits per heavy atom. The van der Waals surface area contributed by atoms with Crippen LogP contribution in [0.3, 0.4) is 0 Å². The molecule has 0 amide bonds. The first-order valence-corrected chi connectivity index (χ1v) is 5.93. The average Bonchev–Trinajstić information content (AvgIpc) is 2.82. The fourth-order valence-corrected chi connectivity index (χ4v) is 1.76. The predicted molar refractivity (Wildman–Crippen MR) is 68.9 cm³/mol. The van der Waals surface area contributed by atoms with Crippen molar-refractivity contribution in [2.75, 3.05) is 20.1 Å². The van der Waals surface area contributed by atoms with Gasteiger partial charge in [-0.3, -0.25) is 0 Å². The quantitative estimate of drug-likeness (QED) is 0.853. The van der Waals surface area contributed by atoms with Crippen LogP contribution < -0.4 is 5.73 Å². The highest BCUT2D eigenvalue weighted by Crippen LogP contribution is 2.14. The largest absolute Gasteiger partial charge is 0.443 e. The summed E-state index contributed by atoms with van der Waals surface area (Å²) in [6, 6.07) is 6.58. The van der Waals surface area contributed by atoms with E-state index in [9.17, 15) is 0 Å². The molecule has 4 nitrogen and oxygen atoms in total. The molecule has 0 fully saturated rings. The van der Waals surface area contributed by atoms with Gasteiger partial charge in [0.05, 0.1) is 0 Å². The third-order valence-electron chi connectivity index (χ3n) is 3.24. The van der Waals surface area contributed by atoms with Crippen LogP contribution in [0.1, 0.15) is 12.5 Å². The maximum Gasteiger partial charge on any atom is 0.181 e. The van der Waals surface area contributed by atoms with Gasteiger partial charge in [-0.1, -0.05) is 6.07 Å². The van der Waals surface area contributed by atoms with Crippen molar-refractivity contribution in [2.24, 2.45) is 5.73 Å². The summed E-state index contributed by atoms with van der Waals surface area (Å²) in [4.78, 5) is 6.37. The van der Waals surface area contributed by atoms with E-state index in [0.717, 1.165) is 24.1 Å². The number of hydrogen-bond acceptors (Lipinski definition) is 4. The van der Waals surface area contributed by atoms with Crippen LogP contribution in [-0.2, 0) is 6.42 Å². The van der Waals surface area contributed by atoms with Crippen molar-refractivity contribution in [3.8, 4) is 0 Å². The minimum atomic E-state index is 0.420. The zero-order chi connectivity index (χ0) is 12.3. The molecule has 1 aromatic heterocycles. The highest BCUT2D eigenvalue weighted by Gasteiger charge is 2.07. The minimum Gasteiger partial charge on any atom is -0.443 e. The van der Waals surface area contributed by atoms with Crippen LogP contribution in [0.15, 0.2) is 29.0 Å². The van der Waals surface area contributed by atoms with Crippen molar-refractivity contribution in [3.05, 3.63) is 30.2 Å². The van der Waals surface area contributed by atoms with E-state index in [-0.39, 0.29) is 0 Å². The molecule has 1 atom stereocenters. The topological polar surface area (TPSA) is 55.3 Å². The molecular formula is C13H19N3O. The summed E-state index contributed by atoms with van der Waals surface area (Å²) in [5, 5.41) is 0. The maximum absolute atomic E-state index is 5.64. The summed E-state index contributed by atoms with van der Waals surface area (Å²) in [6.45, 7) is 3.83. The lowest BCUT2D eigenvalue weighted by atomic mass is 10.1. The molecule has 2 N–H and O–H groups in total. The number of hydrogen-bond donors (Lipinski definition) is 1. The van der Waals surface area contributed by atoms with Gasteiger partial charge in [-0.15, -0.1) is 0 Å². The Bertz CT molecular complexity index is 480. The number of nitrogens with zero attached hydrogens (tertiary/aromatic N) is 2. The maximum atomic E-state index is 5.64. The Morgan fingerprint density at radius 1 is 1.47 bits per heavy atom. The Balaban J connectivity index is 1.98. The molecule has 1 unspecified atom stereocenters. The van der Waals surface area contributed by atoms with Gasteiger partial charge in [0, 0.05) is 19.1 Å². The molecule has 0 saturated heterocycles. The van der Waals surface area contributed by atoms with E-state index >= 15 is 0 Å². The molecule has 1 heterocycles. The van der Waals surface area contributed by atoms with Gasteiger partial charge in [-0.2, -0.15) is 0 Å². The van der Waals surface area contributed by atoms with Crippen molar-refractivity contribution >= 4 is 11.1 Å². The number of oxazole rings is 1. The van der Waals surface area contributed by atoms with E-state index in [1.807, 2.05) is 6.07 Å². The fraction of sp³-hybridized carbons (Fsp3) is 0.462. The number of benzene rings is 1.